The summed E-state index contributed by atoms with van der Waals surface area (Å²) in [5.74, 6) is 0.851. The minimum absolute atomic E-state index is 0.102. The van der Waals surface area contributed by atoms with Gasteiger partial charge in [0.15, 0.2) is 0 Å². The Hall–Kier alpha value is -2.52. The molecule has 0 spiro atoms. The van der Waals surface area contributed by atoms with Crippen molar-refractivity contribution in [2.24, 2.45) is 0 Å². The molecule has 0 aliphatic heterocycles. The third kappa shape index (κ3) is 6.50. The smallest absolute Gasteiger partial charge is 0.226 e. The van der Waals surface area contributed by atoms with Crippen LogP contribution in [0, 0.1) is 6.92 Å². The van der Waals surface area contributed by atoms with Gasteiger partial charge in [-0.15, -0.1) is 11.3 Å². The number of aromatic nitrogens is 2. The quantitative estimate of drug-likeness (QED) is 0.478. The molecule has 7 nitrogen and oxygen atoms in total. The Labute approximate surface area is 181 Å². The van der Waals surface area contributed by atoms with E-state index >= 15 is 0 Å². The molecular weight excluding hydrogens is 456 g/mol. The van der Waals surface area contributed by atoms with E-state index in [2.05, 4.69) is 36.7 Å². The molecule has 0 radical (unpaired) electrons. The molecule has 2 amide bonds. The maximum atomic E-state index is 12.1. The van der Waals surface area contributed by atoms with E-state index in [0.29, 0.717) is 37.5 Å². The Morgan fingerprint density at radius 3 is 2.86 bits per heavy atom. The molecule has 0 saturated heterocycles. The number of nitrogens with zero attached hydrogens (tertiary/aromatic N) is 2. The molecule has 2 aromatic heterocycles. The van der Waals surface area contributed by atoms with E-state index in [1.807, 2.05) is 42.6 Å². The van der Waals surface area contributed by atoms with E-state index in [1.165, 1.54) is 0 Å². The van der Waals surface area contributed by atoms with Crippen LogP contribution in [0.1, 0.15) is 30.7 Å². The fourth-order valence-electron chi connectivity index (χ4n) is 2.61. The third-order valence-corrected chi connectivity index (χ3v) is 5.51. The molecular formula is C20H21BrN4O3S. The highest BCUT2D eigenvalue weighted by atomic mass is 79.9. The predicted octanol–water partition coefficient (Wildman–Crippen LogP) is 4.34. The van der Waals surface area contributed by atoms with E-state index < -0.39 is 0 Å². The number of anilines is 1. The van der Waals surface area contributed by atoms with Crippen molar-refractivity contribution in [2.45, 2.75) is 32.6 Å². The Morgan fingerprint density at radius 1 is 1.21 bits per heavy atom. The number of benzene rings is 1. The largest absolute Gasteiger partial charge is 0.356 e. The minimum atomic E-state index is -0.140. The number of hydrogen-bond acceptors (Lipinski definition) is 6. The topological polar surface area (TPSA) is 97.1 Å². The maximum absolute atomic E-state index is 12.1. The van der Waals surface area contributed by atoms with Gasteiger partial charge in [0.2, 0.25) is 23.5 Å². The lowest BCUT2D eigenvalue weighted by molar-refractivity contribution is -0.121. The van der Waals surface area contributed by atoms with Crippen molar-refractivity contribution in [2.75, 3.05) is 11.9 Å². The molecule has 0 saturated carbocycles. The van der Waals surface area contributed by atoms with Gasteiger partial charge in [0.05, 0.1) is 4.88 Å². The third-order valence-electron chi connectivity index (χ3n) is 4.15. The number of aryl methyl sites for hydroxylation is 2. The van der Waals surface area contributed by atoms with Crippen LogP contribution in [0.5, 0.6) is 0 Å². The van der Waals surface area contributed by atoms with Gasteiger partial charge in [0, 0.05) is 36.0 Å². The van der Waals surface area contributed by atoms with Gasteiger partial charge >= 0.3 is 0 Å². The van der Waals surface area contributed by atoms with Crippen LogP contribution in [0.25, 0.3) is 10.7 Å². The van der Waals surface area contributed by atoms with Gasteiger partial charge in [-0.2, -0.15) is 4.98 Å². The molecule has 0 bridgehead atoms. The average Bonchev–Trinajstić information content (AvgIpc) is 3.36. The van der Waals surface area contributed by atoms with Gasteiger partial charge in [-0.1, -0.05) is 33.2 Å². The van der Waals surface area contributed by atoms with Gasteiger partial charge in [0.25, 0.3) is 0 Å². The summed E-state index contributed by atoms with van der Waals surface area (Å²) in [6.07, 6.45) is 1.68. The molecule has 0 aliphatic rings. The average molecular weight is 477 g/mol. The van der Waals surface area contributed by atoms with Crippen molar-refractivity contribution in [3.63, 3.8) is 0 Å². The number of halogens is 1. The van der Waals surface area contributed by atoms with Crippen LogP contribution in [-0.2, 0) is 16.0 Å². The highest BCUT2D eigenvalue weighted by Crippen LogP contribution is 2.22. The van der Waals surface area contributed by atoms with E-state index in [4.69, 9.17) is 4.52 Å². The van der Waals surface area contributed by atoms with E-state index in [1.54, 1.807) is 11.3 Å². The second-order valence-electron chi connectivity index (χ2n) is 6.45. The number of carbonyl (C=O) groups excluding carboxylic acids is 2. The predicted molar refractivity (Wildman–Crippen MR) is 116 cm³/mol. The number of nitrogens with one attached hydrogen (secondary N) is 2. The first-order valence-electron chi connectivity index (χ1n) is 9.20. The summed E-state index contributed by atoms with van der Waals surface area (Å²) in [7, 11) is 0. The fourth-order valence-corrected chi connectivity index (χ4v) is 3.62. The molecule has 0 aliphatic carbocycles. The lowest BCUT2D eigenvalue weighted by Gasteiger charge is -2.09. The number of carbonyl (C=O) groups is 2. The zero-order chi connectivity index (χ0) is 20.6. The lowest BCUT2D eigenvalue weighted by atomic mass is 10.2. The summed E-state index contributed by atoms with van der Waals surface area (Å²) in [5.41, 5.74) is 1.74. The van der Waals surface area contributed by atoms with Crippen LogP contribution >= 0.6 is 27.3 Å². The number of thiophene rings is 1. The molecule has 0 atom stereocenters. The summed E-state index contributed by atoms with van der Waals surface area (Å²) >= 11 is 4.93. The van der Waals surface area contributed by atoms with Crippen molar-refractivity contribution in [3.8, 4) is 10.7 Å². The molecule has 9 heteroatoms. The van der Waals surface area contributed by atoms with Gasteiger partial charge in [0.1, 0.15) is 0 Å². The van der Waals surface area contributed by atoms with E-state index in [0.717, 1.165) is 20.6 Å². The number of hydrogen-bond donors (Lipinski definition) is 2. The summed E-state index contributed by atoms with van der Waals surface area (Å²) in [4.78, 5) is 29.3. The van der Waals surface area contributed by atoms with Gasteiger partial charge < -0.3 is 15.2 Å². The zero-order valence-electron chi connectivity index (χ0n) is 15.9. The van der Waals surface area contributed by atoms with Crippen LogP contribution in [0.15, 0.2) is 44.7 Å². The summed E-state index contributed by atoms with van der Waals surface area (Å²) in [6, 6.07) is 9.56. The molecule has 152 valence electrons. The fraction of sp³-hybridized carbons (Fsp3) is 0.300. The maximum Gasteiger partial charge on any atom is 0.226 e. The highest BCUT2D eigenvalue weighted by Gasteiger charge is 2.11. The van der Waals surface area contributed by atoms with E-state index in [9.17, 15) is 9.59 Å². The lowest BCUT2D eigenvalue weighted by Crippen LogP contribution is -2.27. The van der Waals surface area contributed by atoms with Gasteiger partial charge in [-0.3, -0.25) is 9.59 Å². The Balaban J connectivity index is 1.33. The van der Waals surface area contributed by atoms with Crippen molar-refractivity contribution in [1.29, 1.82) is 0 Å². The van der Waals surface area contributed by atoms with Gasteiger partial charge in [-0.25, -0.2) is 0 Å². The summed E-state index contributed by atoms with van der Waals surface area (Å²) in [5, 5.41) is 11.5. The Bertz CT molecular complexity index is 972. The number of rotatable bonds is 9. The first kappa shape index (κ1) is 21.2. The number of amides is 2. The second kappa shape index (κ2) is 10.3. The van der Waals surface area contributed by atoms with Gasteiger partial charge in [-0.05, 0) is 42.5 Å². The molecule has 0 fully saturated rings. The standard InChI is InChI=1S/C20H21BrN4O3S/c1-13-7-8-14(21)12-15(13)23-18(27)9-10-22-17(26)5-2-6-19-24-20(25-28-19)16-4-3-11-29-16/h3-4,7-8,11-12H,2,5-6,9-10H2,1H3,(H,22,26)(H,23,27). The molecule has 2 N–H and O–H groups in total. The summed E-state index contributed by atoms with van der Waals surface area (Å²) in [6.45, 7) is 2.22. The van der Waals surface area contributed by atoms with Crippen LogP contribution in [-0.4, -0.2) is 28.5 Å². The summed E-state index contributed by atoms with van der Waals surface area (Å²) < 4.78 is 6.11. The van der Waals surface area contributed by atoms with Crippen LogP contribution in [0.3, 0.4) is 0 Å². The van der Waals surface area contributed by atoms with Crippen molar-refractivity contribution in [1.82, 2.24) is 15.5 Å². The van der Waals surface area contributed by atoms with Crippen LogP contribution in [0.4, 0.5) is 5.69 Å². The normalized spacial score (nSPS) is 10.7. The Kier molecular flexibility index (Phi) is 7.54. The molecule has 2 heterocycles. The van der Waals surface area contributed by atoms with Crippen molar-refractivity contribution < 1.29 is 14.1 Å². The molecule has 0 unspecified atom stereocenters. The highest BCUT2D eigenvalue weighted by molar-refractivity contribution is 9.10. The Morgan fingerprint density at radius 2 is 2.07 bits per heavy atom. The first-order valence-corrected chi connectivity index (χ1v) is 10.9. The molecule has 3 rings (SSSR count). The monoisotopic (exact) mass is 476 g/mol. The molecule has 1 aromatic carbocycles. The van der Waals surface area contributed by atoms with Crippen LogP contribution in [0.2, 0.25) is 0 Å². The minimum Gasteiger partial charge on any atom is -0.356 e. The second-order valence-corrected chi connectivity index (χ2v) is 8.31. The van der Waals surface area contributed by atoms with E-state index in [-0.39, 0.29) is 18.2 Å². The first-order chi connectivity index (χ1) is 14.0. The molecule has 3 aromatic rings. The van der Waals surface area contributed by atoms with Crippen molar-refractivity contribution >= 4 is 44.8 Å². The molecule has 29 heavy (non-hydrogen) atoms. The van der Waals surface area contributed by atoms with Crippen LogP contribution < -0.4 is 10.6 Å². The SMILES string of the molecule is Cc1ccc(Br)cc1NC(=O)CCNC(=O)CCCc1nc(-c2cccs2)no1. The zero-order valence-corrected chi connectivity index (χ0v) is 18.3. The van der Waals surface area contributed by atoms with Crippen molar-refractivity contribution in [3.05, 3.63) is 51.6 Å².